The van der Waals surface area contributed by atoms with Crippen molar-refractivity contribution in [3.05, 3.63) is 47.5 Å². The Bertz CT molecular complexity index is 751. The lowest BCUT2D eigenvalue weighted by Gasteiger charge is -2.24. The minimum atomic E-state index is 0.267. The Morgan fingerprint density at radius 3 is 2.96 bits per heavy atom. The van der Waals surface area contributed by atoms with Crippen molar-refractivity contribution in [2.45, 2.75) is 58.7 Å². The molecule has 0 spiro atoms. The van der Waals surface area contributed by atoms with Gasteiger partial charge in [0.1, 0.15) is 12.2 Å². The van der Waals surface area contributed by atoms with Gasteiger partial charge in [0.05, 0.1) is 12.6 Å². The highest BCUT2D eigenvalue weighted by molar-refractivity contribution is 5.79. The van der Waals surface area contributed by atoms with Crippen LogP contribution in [-0.4, -0.2) is 46.5 Å². The lowest BCUT2D eigenvalue weighted by Crippen LogP contribution is -2.43. The Morgan fingerprint density at radius 1 is 1.29 bits per heavy atom. The lowest BCUT2D eigenvalue weighted by molar-refractivity contribution is 0.0194. The summed E-state index contributed by atoms with van der Waals surface area (Å²) in [5.41, 5.74) is 2.50. The van der Waals surface area contributed by atoms with Crippen molar-refractivity contribution in [1.29, 1.82) is 0 Å². The van der Waals surface area contributed by atoms with Crippen molar-refractivity contribution in [2.24, 2.45) is 4.99 Å². The molecule has 1 unspecified atom stereocenters. The van der Waals surface area contributed by atoms with Crippen molar-refractivity contribution in [1.82, 2.24) is 25.4 Å². The molecule has 1 saturated heterocycles. The number of guanidine groups is 1. The Labute approximate surface area is 167 Å². The third-order valence-electron chi connectivity index (χ3n) is 5.10. The van der Waals surface area contributed by atoms with E-state index in [-0.39, 0.29) is 6.10 Å². The number of ether oxygens (including phenoxy) is 1. The fourth-order valence-electron chi connectivity index (χ4n) is 3.34. The molecule has 1 fully saturated rings. The predicted octanol–water partition coefficient (Wildman–Crippen LogP) is 2.45. The van der Waals surface area contributed by atoms with Gasteiger partial charge in [-0.05, 0) is 37.3 Å². The van der Waals surface area contributed by atoms with Crippen molar-refractivity contribution in [3.63, 3.8) is 0 Å². The number of benzene rings is 1. The van der Waals surface area contributed by atoms with Gasteiger partial charge < -0.3 is 19.9 Å². The molecule has 0 amide bonds. The first-order valence-electron chi connectivity index (χ1n) is 10.3. The van der Waals surface area contributed by atoms with Crippen molar-refractivity contribution >= 4 is 5.96 Å². The molecule has 2 aromatic rings. The van der Waals surface area contributed by atoms with Crippen LogP contribution in [-0.2, 0) is 24.2 Å². The second-order valence-corrected chi connectivity index (χ2v) is 7.18. The average molecular weight is 385 g/mol. The maximum Gasteiger partial charge on any atom is 0.191 e. The number of aryl methyl sites for hydroxylation is 2. The molecule has 2 heterocycles. The highest BCUT2D eigenvalue weighted by atomic mass is 16.5. The molecule has 7 heteroatoms. The number of hydrogen-bond acceptors (Lipinski definition) is 4. The molecule has 1 aromatic heterocycles. The fraction of sp³-hybridized carbons (Fsp3) is 0.571. The van der Waals surface area contributed by atoms with Crippen LogP contribution in [0.4, 0.5) is 0 Å². The van der Waals surface area contributed by atoms with E-state index >= 15 is 0 Å². The summed E-state index contributed by atoms with van der Waals surface area (Å²) >= 11 is 0. The van der Waals surface area contributed by atoms with Gasteiger partial charge in [-0.3, -0.25) is 0 Å². The first kappa shape index (κ1) is 20.3. The van der Waals surface area contributed by atoms with Crippen molar-refractivity contribution in [3.8, 4) is 0 Å². The minimum absolute atomic E-state index is 0.267. The van der Waals surface area contributed by atoms with Gasteiger partial charge in [0.25, 0.3) is 0 Å². The Kier molecular flexibility index (Phi) is 7.84. The molecular weight excluding hydrogens is 352 g/mol. The van der Waals surface area contributed by atoms with Crippen molar-refractivity contribution in [2.75, 3.05) is 19.7 Å². The highest BCUT2D eigenvalue weighted by Gasteiger charge is 2.14. The first-order chi connectivity index (χ1) is 13.8. The van der Waals surface area contributed by atoms with Crippen molar-refractivity contribution < 1.29 is 4.74 Å². The van der Waals surface area contributed by atoms with Crippen LogP contribution in [0.2, 0.25) is 0 Å². The number of hydrogen-bond donors (Lipinski definition) is 2. The van der Waals surface area contributed by atoms with Gasteiger partial charge in [0.2, 0.25) is 0 Å². The normalized spacial score (nSPS) is 17.5. The first-order valence-corrected chi connectivity index (χ1v) is 10.3. The monoisotopic (exact) mass is 384 g/mol. The maximum atomic E-state index is 5.84. The van der Waals surface area contributed by atoms with Crippen LogP contribution in [0.5, 0.6) is 0 Å². The molecule has 0 bridgehead atoms. The van der Waals surface area contributed by atoms with Crippen LogP contribution in [0.1, 0.15) is 43.1 Å². The van der Waals surface area contributed by atoms with E-state index in [1.807, 2.05) is 0 Å². The van der Waals surface area contributed by atoms with E-state index in [1.165, 1.54) is 24.0 Å². The van der Waals surface area contributed by atoms with Gasteiger partial charge in [-0.1, -0.05) is 31.2 Å². The lowest BCUT2D eigenvalue weighted by atomic mass is 10.1. The van der Waals surface area contributed by atoms with Crippen LogP contribution in [0.3, 0.4) is 0 Å². The van der Waals surface area contributed by atoms with Gasteiger partial charge in [-0.2, -0.15) is 0 Å². The van der Waals surface area contributed by atoms with E-state index in [2.05, 4.69) is 63.5 Å². The van der Waals surface area contributed by atoms with Crippen LogP contribution in [0.25, 0.3) is 0 Å². The predicted molar refractivity (Wildman–Crippen MR) is 111 cm³/mol. The van der Waals surface area contributed by atoms with E-state index in [0.717, 1.165) is 50.9 Å². The van der Waals surface area contributed by atoms with E-state index in [0.29, 0.717) is 6.54 Å². The highest BCUT2D eigenvalue weighted by Crippen LogP contribution is 2.12. The number of nitrogens with zero attached hydrogens (tertiary/aromatic N) is 4. The van der Waals surface area contributed by atoms with Gasteiger partial charge in [-0.15, -0.1) is 10.2 Å². The van der Waals surface area contributed by atoms with Crippen LogP contribution in [0.15, 0.2) is 35.6 Å². The minimum Gasteiger partial charge on any atom is -0.376 e. The SMILES string of the molecule is CCc1nncn1CCNC(=NCc1ccccc1C)NCC1CCCCO1. The van der Waals surface area contributed by atoms with Crippen LogP contribution >= 0.6 is 0 Å². The molecule has 0 aliphatic carbocycles. The summed E-state index contributed by atoms with van der Waals surface area (Å²) in [6.07, 6.45) is 6.45. The van der Waals surface area contributed by atoms with Gasteiger partial charge >= 0.3 is 0 Å². The molecule has 1 aromatic carbocycles. The number of rotatable bonds is 8. The molecule has 152 valence electrons. The molecule has 2 N–H and O–H groups in total. The van der Waals surface area contributed by atoms with E-state index in [1.54, 1.807) is 6.33 Å². The zero-order valence-electron chi connectivity index (χ0n) is 17.0. The Balaban J connectivity index is 1.57. The Hall–Kier alpha value is -2.41. The molecule has 1 atom stereocenters. The molecule has 0 radical (unpaired) electrons. The van der Waals surface area contributed by atoms with Gasteiger partial charge in [-0.25, -0.2) is 4.99 Å². The zero-order valence-corrected chi connectivity index (χ0v) is 17.0. The maximum absolute atomic E-state index is 5.84. The quantitative estimate of drug-likeness (QED) is 0.540. The topological polar surface area (TPSA) is 76.4 Å². The molecule has 7 nitrogen and oxygen atoms in total. The fourth-order valence-corrected chi connectivity index (χ4v) is 3.34. The molecule has 28 heavy (non-hydrogen) atoms. The molecule has 3 rings (SSSR count). The summed E-state index contributed by atoms with van der Waals surface area (Å²) in [6, 6.07) is 8.38. The second kappa shape index (κ2) is 10.8. The summed E-state index contributed by atoms with van der Waals surface area (Å²) < 4.78 is 7.92. The summed E-state index contributed by atoms with van der Waals surface area (Å²) in [6.45, 7) is 8.08. The smallest absolute Gasteiger partial charge is 0.191 e. The Morgan fingerprint density at radius 2 is 2.18 bits per heavy atom. The summed E-state index contributed by atoms with van der Waals surface area (Å²) in [5, 5.41) is 15.0. The van der Waals surface area contributed by atoms with E-state index in [4.69, 9.17) is 9.73 Å². The van der Waals surface area contributed by atoms with E-state index < -0.39 is 0 Å². The molecular formula is C21H32N6O. The number of aliphatic imine (C=N–C) groups is 1. The third-order valence-corrected chi connectivity index (χ3v) is 5.10. The molecule has 1 aliphatic rings. The summed E-state index contributed by atoms with van der Waals surface area (Å²) in [5.74, 6) is 1.83. The largest absolute Gasteiger partial charge is 0.376 e. The summed E-state index contributed by atoms with van der Waals surface area (Å²) in [4.78, 5) is 4.80. The van der Waals surface area contributed by atoms with E-state index in [9.17, 15) is 0 Å². The van der Waals surface area contributed by atoms with Gasteiger partial charge in [0, 0.05) is 32.7 Å². The third kappa shape index (κ3) is 6.05. The second-order valence-electron chi connectivity index (χ2n) is 7.18. The summed E-state index contributed by atoms with van der Waals surface area (Å²) in [7, 11) is 0. The van der Waals surface area contributed by atoms with Gasteiger partial charge in [0.15, 0.2) is 5.96 Å². The zero-order chi connectivity index (χ0) is 19.6. The number of nitrogens with one attached hydrogen (secondary N) is 2. The van der Waals surface area contributed by atoms with Crippen LogP contribution < -0.4 is 10.6 Å². The molecule has 1 aliphatic heterocycles. The van der Waals surface area contributed by atoms with Crippen LogP contribution in [0, 0.1) is 6.92 Å². The standard InChI is InChI=1S/C21H32N6O/c1-3-20-26-25-16-27(20)12-11-22-21(24-15-19-10-6-7-13-28-19)23-14-18-9-5-4-8-17(18)2/h4-5,8-9,16,19H,3,6-7,10-15H2,1-2H3,(H2,22,23,24). The average Bonchev–Trinajstić information content (AvgIpc) is 3.19. The number of aromatic nitrogens is 3. The molecule has 0 saturated carbocycles.